The van der Waals surface area contributed by atoms with Gasteiger partial charge >= 0.3 is 17.9 Å². The van der Waals surface area contributed by atoms with Gasteiger partial charge in [-0.2, -0.15) is 0 Å². The third-order valence-electron chi connectivity index (χ3n) is 10.9. The first-order valence-corrected chi connectivity index (χ1v) is 20.1. The molecule has 6 aromatic carbocycles. The Morgan fingerprint density at radius 1 is 0.475 bits per heavy atom. The van der Waals surface area contributed by atoms with E-state index in [1.165, 1.54) is 0 Å². The number of phenols is 3. The summed E-state index contributed by atoms with van der Waals surface area (Å²) in [6, 6.07) is 32.9. The van der Waals surface area contributed by atoms with Crippen LogP contribution < -0.4 is 0 Å². The van der Waals surface area contributed by atoms with Gasteiger partial charge in [0, 0.05) is 16.2 Å². The molecular formula is C50H58O9. The Morgan fingerprint density at radius 3 is 1.24 bits per heavy atom. The van der Waals surface area contributed by atoms with Gasteiger partial charge in [-0.3, -0.25) is 14.4 Å². The van der Waals surface area contributed by atoms with Crippen LogP contribution in [0, 0.1) is 16.7 Å². The van der Waals surface area contributed by atoms with Gasteiger partial charge in [-0.15, -0.1) is 0 Å². The number of carbonyl (C=O) groups excluding carboxylic acids is 3. The van der Waals surface area contributed by atoms with E-state index in [2.05, 4.69) is 0 Å². The Hall–Kier alpha value is -6.09. The Kier molecular flexibility index (Phi) is 15.9. The molecule has 0 aliphatic rings. The number of fused-ring (bicyclic) bond motifs is 3. The lowest BCUT2D eigenvalue weighted by Crippen LogP contribution is -2.25. The second-order valence-electron chi connectivity index (χ2n) is 15.9. The quantitative estimate of drug-likeness (QED) is 0.0815. The van der Waals surface area contributed by atoms with Gasteiger partial charge in [-0.05, 0) is 98.0 Å². The predicted octanol–water partition coefficient (Wildman–Crippen LogP) is 11.7. The van der Waals surface area contributed by atoms with Gasteiger partial charge in [-0.1, -0.05) is 119 Å². The van der Waals surface area contributed by atoms with Gasteiger partial charge in [0.2, 0.25) is 0 Å². The number of carbonyl (C=O) groups is 3. The minimum Gasteiger partial charge on any atom is -0.507 e. The van der Waals surface area contributed by atoms with Crippen LogP contribution in [0.1, 0.15) is 91.3 Å². The van der Waals surface area contributed by atoms with Gasteiger partial charge in [0.1, 0.15) is 37.1 Å². The van der Waals surface area contributed by atoms with Crippen molar-refractivity contribution >= 4 is 50.2 Å². The first-order valence-electron chi connectivity index (χ1n) is 20.1. The first-order chi connectivity index (χ1) is 28.0. The van der Waals surface area contributed by atoms with Crippen LogP contribution in [0.3, 0.4) is 0 Å². The minimum atomic E-state index is -0.466. The van der Waals surface area contributed by atoms with Crippen LogP contribution in [-0.2, 0) is 48.4 Å². The standard InChI is InChI=1S/2C17H20O3.C16H18O3/c1-4-17(2,3)16(19)20-11-12-7-5-9-14-13(12)8-6-10-15(14)18;1-4-17(2,3)16(19)20-11-12-9-10-15(18)14-8-6-5-7-13(12)14;1-3-11(2)16(18)19-10-12-6-4-8-14-13(12)7-5-9-15(14)17/h2*5-10,18H,4,11H2,1-3H3;4-9,11,17H,3,10H2,1-2H3. The monoisotopic (exact) mass is 802 g/mol. The van der Waals surface area contributed by atoms with E-state index in [0.717, 1.165) is 68.3 Å². The van der Waals surface area contributed by atoms with Crippen molar-refractivity contribution in [2.75, 3.05) is 0 Å². The number of ether oxygens (including phenoxy) is 3. The van der Waals surface area contributed by atoms with Crippen molar-refractivity contribution in [3.63, 3.8) is 0 Å². The summed E-state index contributed by atoms with van der Waals surface area (Å²) in [5.41, 5.74) is 1.78. The van der Waals surface area contributed by atoms with Crippen LogP contribution in [0.5, 0.6) is 17.2 Å². The number of phenolic OH excluding ortho intramolecular Hbond substituents is 3. The Bertz CT molecular complexity index is 2310. The molecular weight excluding hydrogens is 745 g/mol. The smallest absolute Gasteiger partial charge is 0.311 e. The summed E-state index contributed by atoms with van der Waals surface area (Å²) < 4.78 is 16.1. The molecule has 0 spiro atoms. The largest absolute Gasteiger partial charge is 0.507 e. The average molecular weight is 803 g/mol. The molecule has 1 atom stereocenters. The van der Waals surface area contributed by atoms with E-state index in [-0.39, 0.29) is 60.9 Å². The molecule has 6 rings (SSSR count). The molecule has 3 N–H and O–H groups in total. The molecule has 9 heteroatoms. The minimum absolute atomic E-state index is 0.0802. The highest BCUT2D eigenvalue weighted by Crippen LogP contribution is 2.31. The van der Waals surface area contributed by atoms with Crippen LogP contribution in [-0.4, -0.2) is 33.2 Å². The maximum absolute atomic E-state index is 12.0. The third-order valence-corrected chi connectivity index (χ3v) is 10.9. The highest BCUT2D eigenvalue weighted by molar-refractivity contribution is 5.92. The molecule has 0 heterocycles. The summed E-state index contributed by atoms with van der Waals surface area (Å²) in [6.45, 7) is 16.0. The lowest BCUT2D eigenvalue weighted by molar-refractivity contribution is -0.156. The fraction of sp³-hybridized carbons (Fsp3) is 0.340. The molecule has 9 nitrogen and oxygen atoms in total. The normalized spacial score (nSPS) is 11.8. The van der Waals surface area contributed by atoms with Gasteiger partial charge < -0.3 is 29.5 Å². The summed E-state index contributed by atoms with van der Waals surface area (Å²) in [4.78, 5) is 35.7. The zero-order valence-corrected chi connectivity index (χ0v) is 35.5. The van der Waals surface area contributed by atoms with E-state index in [4.69, 9.17) is 14.2 Å². The molecule has 0 bridgehead atoms. The summed E-state index contributed by atoms with van der Waals surface area (Å²) >= 11 is 0. The van der Waals surface area contributed by atoms with E-state index in [0.29, 0.717) is 0 Å². The number of esters is 3. The molecule has 0 fully saturated rings. The summed E-state index contributed by atoms with van der Waals surface area (Å²) in [7, 11) is 0. The first kappa shape index (κ1) is 45.6. The maximum Gasteiger partial charge on any atom is 0.311 e. The van der Waals surface area contributed by atoms with Crippen molar-refractivity contribution in [2.45, 2.75) is 94.5 Å². The molecule has 0 radical (unpaired) electrons. The van der Waals surface area contributed by atoms with Gasteiger partial charge in [-0.25, -0.2) is 0 Å². The van der Waals surface area contributed by atoms with Crippen molar-refractivity contribution in [2.24, 2.45) is 16.7 Å². The van der Waals surface area contributed by atoms with Crippen LogP contribution in [0.25, 0.3) is 32.3 Å². The van der Waals surface area contributed by atoms with E-state index in [1.54, 1.807) is 36.4 Å². The number of rotatable bonds is 12. The Morgan fingerprint density at radius 2 is 0.814 bits per heavy atom. The fourth-order valence-corrected chi connectivity index (χ4v) is 5.86. The lowest BCUT2D eigenvalue weighted by Gasteiger charge is -2.20. The molecule has 59 heavy (non-hydrogen) atoms. The number of benzene rings is 6. The second kappa shape index (κ2) is 20.6. The SMILES string of the molecule is CCC(C)(C)C(=O)OCc1ccc(O)c2ccccc12.CCC(C)(C)C(=O)OCc1cccc2c(O)cccc12.CCC(C)C(=O)OCc1cccc2c(O)cccc12. The van der Waals surface area contributed by atoms with Crippen molar-refractivity contribution in [1.29, 1.82) is 0 Å². The van der Waals surface area contributed by atoms with Gasteiger partial charge in [0.15, 0.2) is 0 Å². The molecule has 0 aliphatic carbocycles. The highest BCUT2D eigenvalue weighted by atomic mass is 16.5. The van der Waals surface area contributed by atoms with E-state index >= 15 is 0 Å². The molecule has 6 aromatic rings. The molecule has 312 valence electrons. The van der Waals surface area contributed by atoms with Crippen LogP contribution in [0.4, 0.5) is 0 Å². The second-order valence-corrected chi connectivity index (χ2v) is 15.9. The van der Waals surface area contributed by atoms with Crippen molar-refractivity contribution < 1.29 is 43.9 Å². The topological polar surface area (TPSA) is 140 Å². The van der Waals surface area contributed by atoms with Crippen LogP contribution in [0.15, 0.2) is 109 Å². The van der Waals surface area contributed by atoms with E-state index in [1.807, 2.05) is 128 Å². The zero-order chi connectivity index (χ0) is 43.3. The van der Waals surface area contributed by atoms with Crippen molar-refractivity contribution in [3.05, 3.63) is 126 Å². The molecule has 0 aliphatic heterocycles. The number of hydrogen-bond acceptors (Lipinski definition) is 9. The molecule has 0 saturated heterocycles. The van der Waals surface area contributed by atoms with Gasteiger partial charge in [0.05, 0.1) is 16.7 Å². The summed E-state index contributed by atoms with van der Waals surface area (Å²) in [5, 5.41) is 34.5. The van der Waals surface area contributed by atoms with Crippen molar-refractivity contribution in [3.8, 4) is 17.2 Å². The van der Waals surface area contributed by atoms with E-state index in [9.17, 15) is 29.7 Å². The Labute approximate surface area is 347 Å². The highest BCUT2D eigenvalue weighted by Gasteiger charge is 2.28. The van der Waals surface area contributed by atoms with Gasteiger partial charge in [0.25, 0.3) is 0 Å². The molecule has 0 aromatic heterocycles. The fourth-order valence-electron chi connectivity index (χ4n) is 5.86. The summed E-state index contributed by atoms with van der Waals surface area (Å²) in [5.74, 6) is 0.0686. The molecule has 0 saturated carbocycles. The molecule has 1 unspecified atom stereocenters. The van der Waals surface area contributed by atoms with Crippen LogP contribution >= 0.6 is 0 Å². The number of aromatic hydroxyl groups is 3. The van der Waals surface area contributed by atoms with Crippen molar-refractivity contribution in [1.82, 2.24) is 0 Å². The number of hydrogen-bond donors (Lipinski definition) is 3. The predicted molar refractivity (Wildman–Crippen MR) is 234 cm³/mol. The Balaban J connectivity index is 0.000000196. The molecule has 0 amide bonds. The lowest BCUT2D eigenvalue weighted by atomic mass is 9.91. The zero-order valence-electron chi connectivity index (χ0n) is 35.5. The summed E-state index contributed by atoms with van der Waals surface area (Å²) in [6.07, 6.45) is 2.25. The third kappa shape index (κ3) is 11.7. The van der Waals surface area contributed by atoms with E-state index < -0.39 is 10.8 Å². The maximum atomic E-state index is 12.0. The van der Waals surface area contributed by atoms with Crippen LogP contribution in [0.2, 0.25) is 0 Å². The average Bonchev–Trinajstić information content (AvgIpc) is 3.24.